The highest BCUT2D eigenvalue weighted by Gasteiger charge is 2.53. The van der Waals surface area contributed by atoms with E-state index in [-0.39, 0.29) is 10.8 Å². The zero-order valence-electron chi connectivity index (χ0n) is 24.4. The molecule has 2 bridgehead atoms. The fraction of sp³-hybridized carbons (Fsp3) is 0.220. The molecule has 0 amide bonds. The first-order valence-electron chi connectivity index (χ1n) is 15.4. The molecule has 9 rings (SSSR count). The van der Waals surface area contributed by atoms with E-state index in [2.05, 4.69) is 136 Å². The molecular weight excluding hydrogens is 525 g/mol. The van der Waals surface area contributed by atoms with Gasteiger partial charge in [0.25, 0.3) is 0 Å². The molecule has 1 spiro atoms. The van der Waals surface area contributed by atoms with Crippen molar-refractivity contribution < 1.29 is 0 Å². The summed E-state index contributed by atoms with van der Waals surface area (Å²) in [6.45, 7) is 7.23. The fourth-order valence-electron chi connectivity index (χ4n) is 8.97. The minimum absolute atomic E-state index is 0.0130. The average molecular weight is 559 g/mol. The number of fused-ring (bicyclic) bond motifs is 7. The maximum absolute atomic E-state index is 2.53. The van der Waals surface area contributed by atoms with Gasteiger partial charge in [-0.05, 0) is 96.9 Å². The van der Waals surface area contributed by atoms with Crippen LogP contribution in [-0.4, -0.2) is 0 Å². The van der Waals surface area contributed by atoms with E-state index in [1.807, 2.05) is 11.8 Å². The minimum Gasteiger partial charge on any atom is -0.0935 e. The van der Waals surface area contributed by atoms with E-state index >= 15 is 0 Å². The summed E-state index contributed by atoms with van der Waals surface area (Å²) < 4.78 is 0. The lowest BCUT2D eigenvalue weighted by Gasteiger charge is -2.44. The topological polar surface area (TPSA) is 0 Å². The molecule has 1 heterocycles. The van der Waals surface area contributed by atoms with Crippen LogP contribution in [-0.2, 0) is 10.8 Å². The van der Waals surface area contributed by atoms with Crippen molar-refractivity contribution in [3.8, 4) is 11.1 Å². The predicted octanol–water partition coefficient (Wildman–Crippen LogP) is 10.7. The predicted molar refractivity (Wildman–Crippen MR) is 178 cm³/mol. The van der Waals surface area contributed by atoms with Gasteiger partial charge in [0.05, 0.1) is 0 Å². The molecule has 0 N–H and O–H groups in total. The largest absolute Gasteiger partial charge is 0.0935 e. The Morgan fingerprint density at radius 1 is 0.667 bits per heavy atom. The van der Waals surface area contributed by atoms with Crippen molar-refractivity contribution in [1.82, 2.24) is 0 Å². The SMILES string of the molecule is CC1/C=C\C(c2cccc3c2-c2ccccc2C3(C)C)=C2/CC3(C4=C(C=CCC41)c1ccccc13)c1ccccc1S2. The van der Waals surface area contributed by atoms with Crippen molar-refractivity contribution >= 4 is 22.9 Å². The smallest absolute Gasteiger partial charge is 0.0486 e. The van der Waals surface area contributed by atoms with Crippen LogP contribution in [0.15, 0.2) is 131 Å². The molecule has 0 saturated heterocycles. The standard InChI is InChI=1S/C41H34S/c1-25-22-23-28(29-15-11-20-35-38(29)31-13-5-6-17-32(31)40(35,2)3)37-24-41(34-19-8-9-21-36(34)42-37)33-18-7-4-12-27(33)30-16-10-14-26(25)39(30)41/h4-13,15-23,25-26H,14,24H2,1-3H3/b23-22-,37-28-. The molecule has 42 heavy (non-hydrogen) atoms. The van der Waals surface area contributed by atoms with Gasteiger partial charge in [-0.3, -0.25) is 0 Å². The molecule has 4 aromatic carbocycles. The lowest BCUT2D eigenvalue weighted by atomic mass is 9.62. The number of hydrogen-bond acceptors (Lipinski definition) is 1. The van der Waals surface area contributed by atoms with Crippen LogP contribution in [0.4, 0.5) is 0 Å². The number of hydrogen-bond donors (Lipinski definition) is 0. The molecule has 3 atom stereocenters. The Morgan fingerprint density at radius 2 is 1.36 bits per heavy atom. The Hall–Kier alpha value is -3.81. The van der Waals surface area contributed by atoms with Crippen molar-refractivity contribution in [2.24, 2.45) is 11.8 Å². The van der Waals surface area contributed by atoms with Crippen LogP contribution in [0.3, 0.4) is 0 Å². The van der Waals surface area contributed by atoms with Crippen LogP contribution >= 0.6 is 11.8 Å². The molecule has 4 aromatic rings. The van der Waals surface area contributed by atoms with Crippen LogP contribution < -0.4 is 0 Å². The van der Waals surface area contributed by atoms with Gasteiger partial charge in [-0.1, -0.05) is 142 Å². The summed E-state index contributed by atoms with van der Waals surface area (Å²) in [5.41, 5.74) is 15.9. The Bertz CT molecular complexity index is 1960. The van der Waals surface area contributed by atoms with Crippen molar-refractivity contribution in [3.05, 3.63) is 159 Å². The lowest BCUT2D eigenvalue weighted by Crippen LogP contribution is -2.36. The quantitative estimate of drug-likeness (QED) is 0.224. The highest BCUT2D eigenvalue weighted by atomic mass is 32.2. The van der Waals surface area contributed by atoms with E-state index in [1.165, 1.54) is 65.5 Å². The second-order valence-electron chi connectivity index (χ2n) is 13.3. The second kappa shape index (κ2) is 8.62. The maximum Gasteiger partial charge on any atom is 0.0486 e. The van der Waals surface area contributed by atoms with Gasteiger partial charge in [0, 0.05) is 15.7 Å². The summed E-state index contributed by atoms with van der Waals surface area (Å²) in [7, 11) is 0. The number of rotatable bonds is 1. The zero-order chi connectivity index (χ0) is 28.2. The molecule has 0 fully saturated rings. The van der Waals surface area contributed by atoms with Crippen LogP contribution in [0, 0.1) is 11.8 Å². The van der Waals surface area contributed by atoms with Crippen molar-refractivity contribution in [3.63, 3.8) is 0 Å². The number of allylic oxidation sites excluding steroid dienone is 8. The van der Waals surface area contributed by atoms with E-state index in [9.17, 15) is 0 Å². The third kappa shape index (κ3) is 3.05. The van der Waals surface area contributed by atoms with E-state index in [0.717, 1.165) is 12.8 Å². The normalized spacial score (nSPS) is 28.1. The highest BCUT2D eigenvalue weighted by Crippen LogP contribution is 2.65. The van der Waals surface area contributed by atoms with Crippen LogP contribution in [0.5, 0.6) is 0 Å². The van der Waals surface area contributed by atoms with Crippen molar-refractivity contribution in [2.45, 2.75) is 49.3 Å². The van der Waals surface area contributed by atoms with E-state index in [0.29, 0.717) is 11.8 Å². The molecule has 5 aliphatic rings. The summed E-state index contributed by atoms with van der Waals surface area (Å²) in [6.07, 6.45) is 12.0. The summed E-state index contributed by atoms with van der Waals surface area (Å²) in [6, 6.07) is 34.7. The minimum atomic E-state index is -0.140. The van der Waals surface area contributed by atoms with Gasteiger partial charge < -0.3 is 0 Å². The second-order valence-corrected chi connectivity index (χ2v) is 14.4. The van der Waals surface area contributed by atoms with Crippen LogP contribution in [0.2, 0.25) is 0 Å². The number of thioether (sulfide) groups is 1. The Morgan fingerprint density at radius 3 is 2.21 bits per heavy atom. The molecule has 3 unspecified atom stereocenters. The molecular formula is C41H34S. The van der Waals surface area contributed by atoms with Crippen LogP contribution in [0.25, 0.3) is 22.3 Å². The van der Waals surface area contributed by atoms with Gasteiger partial charge in [0.15, 0.2) is 0 Å². The molecule has 1 aliphatic heterocycles. The fourth-order valence-corrected chi connectivity index (χ4v) is 10.3. The lowest BCUT2D eigenvalue weighted by molar-refractivity contribution is 0.423. The van der Waals surface area contributed by atoms with Crippen molar-refractivity contribution in [1.29, 1.82) is 0 Å². The van der Waals surface area contributed by atoms with Gasteiger partial charge in [-0.25, -0.2) is 0 Å². The first-order chi connectivity index (χ1) is 20.5. The molecule has 204 valence electrons. The summed E-state index contributed by atoms with van der Waals surface area (Å²) in [5.74, 6) is 0.908. The first kappa shape index (κ1) is 24.8. The molecule has 4 aliphatic carbocycles. The molecule has 1 heteroatoms. The van der Waals surface area contributed by atoms with E-state index < -0.39 is 0 Å². The first-order valence-corrected chi connectivity index (χ1v) is 16.3. The van der Waals surface area contributed by atoms with Gasteiger partial charge in [-0.15, -0.1) is 0 Å². The molecule has 0 nitrogen and oxygen atoms in total. The zero-order valence-corrected chi connectivity index (χ0v) is 25.3. The Balaban J connectivity index is 1.39. The van der Waals surface area contributed by atoms with Gasteiger partial charge >= 0.3 is 0 Å². The third-order valence-corrected chi connectivity index (χ3v) is 12.1. The highest BCUT2D eigenvalue weighted by molar-refractivity contribution is 8.03. The summed E-state index contributed by atoms with van der Waals surface area (Å²) in [4.78, 5) is 2.90. The van der Waals surface area contributed by atoms with E-state index in [1.54, 1.807) is 5.57 Å². The molecule has 0 saturated carbocycles. The van der Waals surface area contributed by atoms with Crippen LogP contribution in [0.1, 0.15) is 67.0 Å². The maximum atomic E-state index is 2.53. The molecule has 0 radical (unpaired) electrons. The van der Waals surface area contributed by atoms with Crippen molar-refractivity contribution in [2.75, 3.05) is 0 Å². The average Bonchev–Trinajstić information content (AvgIpc) is 3.45. The number of benzene rings is 4. The van der Waals surface area contributed by atoms with Gasteiger partial charge in [0.2, 0.25) is 0 Å². The van der Waals surface area contributed by atoms with Gasteiger partial charge in [-0.2, -0.15) is 0 Å². The van der Waals surface area contributed by atoms with Gasteiger partial charge in [0.1, 0.15) is 0 Å². The summed E-state index contributed by atoms with van der Waals surface area (Å²) >= 11 is 2.01. The summed E-state index contributed by atoms with van der Waals surface area (Å²) in [5, 5.41) is 0. The third-order valence-electron chi connectivity index (χ3n) is 10.9. The Kier molecular flexibility index (Phi) is 5.08. The molecule has 0 aromatic heterocycles. The Labute approximate surface area is 253 Å². The van der Waals surface area contributed by atoms with E-state index in [4.69, 9.17) is 0 Å². The monoisotopic (exact) mass is 558 g/mol.